The van der Waals surface area contributed by atoms with Crippen LogP contribution in [0.25, 0.3) is 16.6 Å². The molecule has 3 aromatic carbocycles. The second kappa shape index (κ2) is 8.75. The van der Waals surface area contributed by atoms with Crippen molar-refractivity contribution in [1.29, 1.82) is 5.26 Å². The van der Waals surface area contributed by atoms with Crippen molar-refractivity contribution in [3.05, 3.63) is 99.9 Å². The number of para-hydroxylation sites is 2. The average Bonchev–Trinajstić information content (AvgIpc) is 3.09. The maximum atomic E-state index is 14.1. The molecule has 4 aromatic rings. The third-order valence-electron chi connectivity index (χ3n) is 6.20. The summed E-state index contributed by atoms with van der Waals surface area (Å²) in [6.45, 7) is 4.64. The molecule has 0 atom stereocenters. The molecule has 0 N–H and O–H groups in total. The third kappa shape index (κ3) is 3.73. The molecule has 1 aliphatic rings. The van der Waals surface area contributed by atoms with Crippen LogP contribution in [-0.2, 0) is 19.6 Å². The van der Waals surface area contributed by atoms with Gasteiger partial charge in [-0.25, -0.2) is 13.8 Å². The van der Waals surface area contributed by atoms with Crippen LogP contribution in [0.5, 0.6) is 5.75 Å². The number of aryl methyl sites for hydroxylation is 1. The molecule has 0 unspecified atom stereocenters. The Labute approximate surface area is 196 Å². The fourth-order valence-corrected chi connectivity index (χ4v) is 4.61. The summed E-state index contributed by atoms with van der Waals surface area (Å²) in [5, 5.41) is 9.63. The van der Waals surface area contributed by atoms with E-state index in [1.165, 1.54) is 0 Å². The number of nitriles is 1. The highest BCUT2D eigenvalue weighted by molar-refractivity contribution is 5.88. The van der Waals surface area contributed by atoms with Gasteiger partial charge in [-0.15, -0.1) is 0 Å². The standard InChI is InChI=1S/C28H23F2N3O/c1-3-6-27-32-24-7-4-5-8-25(24)33(27)15-18-9-10-20-19(11-18)16-34-26-13-23(30)22(29)12-21(26)28(20)17(2)14-31/h4-5,7-13H,3,6,15-16H2,1-2H3/b28-17-. The minimum atomic E-state index is -0.977. The number of fused-ring (bicyclic) bond motifs is 3. The Kier molecular flexibility index (Phi) is 5.62. The first-order chi connectivity index (χ1) is 16.5. The summed E-state index contributed by atoms with van der Waals surface area (Å²) in [5.74, 6) is -0.683. The predicted octanol–water partition coefficient (Wildman–Crippen LogP) is 6.55. The molecule has 0 amide bonds. The van der Waals surface area contributed by atoms with Crippen LogP contribution in [0.2, 0.25) is 0 Å². The highest BCUT2D eigenvalue weighted by Gasteiger charge is 2.24. The van der Waals surface area contributed by atoms with Crippen molar-refractivity contribution >= 4 is 16.6 Å². The van der Waals surface area contributed by atoms with E-state index in [4.69, 9.17) is 9.72 Å². The lowest BCUT2D eigenvalue weighted by molar-refractivity contribution is 0.304. The lowest BCUT2D eigenvalue weighted by atomic mass is 9.90. The van der Waals surface area contributed by atoms with Gasteiger partial charge in [0.05, 0.1) is 17.1 Å². The van der Waals surface area contributed by atoms with E-state index in [2.05, 4.69) is 23.6 Å². The van der Waals surface area contributed by atoms with Gasteiger partial charge < -0.3 is 9.30 Å². The number of ether oxygens (including phenoxy) is 1. The van der Waals surface area contributed by atoms with Crippen molar-refractivity contribution in [2.75, 3.05) is 0 Å². The van der Waals surface area contributed by atoms with Crippen molar-refractivity contribution in [2.24, 2.45) is 0 Å². The molecule has 0 aliphatic carbocycles. The summed E-state index contributed by atoms with van der Waals surface area (Å²) in [4.78, 5) is 4.81. The van der Waals surface area contributed by atoms with Crippen molar-refractivity contribution in [1.82, 2.24) is 9.55 Å². The fraction of sp³-hybridized carbons (Fsp3) is 0.214. The summed E-state index contributed by atoms with van der Waals surface area (Å²) >= 11 is 0. The molecule has 0 saturated heterocycles. The number of benzene rings is 3. The minimum Gasteiger partial charge on any atom is -0.488 e. The molecule has 0 radical (unpaired) electrons. The van der Waals surface area contributed by atoms with Gasteiger partial charge in [-0.05, 0) is 54.3 Å². The number of hydrogen-bond acceptors (Lipinski definition) is 3. The Hall–Kier alpha value is -3.98. The number of rotatable bonds is 4. The van der Waals surface area contributed by atoms with E-state index in [-0.39, 0.29) is 12.4 Å². The lowest BCUT2D eigenvalue weighted by Crippen LogP contribution is -2.06. The molecule has 2 heterocycles. The van der Waals surface area contributed by atoms with Crippen LogP contribution in [0.4, 0.5) is 8.78 Å². The van der Waals surface area contributed by atoms with Crippen LogP contribution in [-0.4, -0.2) is 9.55 Å². The monoisotopic (exact) mass is 455 g/mol. The Morgan fingerprint density at radius 2 is 1.88 bits per heavy atom. The predicted molar refractivity (Wildman–Crippen MR) is 127 cm³/mol. The highest BCUT2D eigenvalue weighted by Crippen LogP contribution is 2.40. The largest absolute Gasteiger partial charge is 0.488 e. The molecule has 1 aromatic heterocycles. The fourth-order valence-electron chi connectivity index (χ4n) is 4.61. The number of allylic oxidation sites excluding steroid dienone is 1. The maximum Gasteiger partial charge on any atom is 0.162 e. The van der Waals surface area contributed by atoms with E-state index in [0.717, 1.165) is 58.5 Å². The molecular weight excluding hydrogens is 432 g/mol. The smallest absolute Gasteiger partial charge is 0.162 e. The van der Waals surface area contributed by atoms with Crippen molar-refractivity contribution in [2.45, 2.75) is 39.8 Å². The van der Waals surface area contributed by atoms with Gasteiger partial charge in [0.15, 0.2) is 11.6 Å². The minimum absolute atomic E-state index is 0.190. The van der Waals surface area contributed by atoms with Gasteiger partial charge in [0, 0.05) is 35.7 Å². The summed E-state index contributed by atoms with van der Waals surface area (Å²) < 4.78 is 36.2. The molecule has 6 heteroatoms. The van der Waals surface area contributed by atoms with Crippen molar-refractivity contribution < 1.29 is 13.5 Å². The third-order valence-corrected chi connectivity index (χ3v) is 6.20. The molecule has 0 bridgehead atoms. The van der Waals surface area contributed by atoms with Crippen LogP contribution in [0.1, 0.15) is 48.3 Å². The molecule has 34 heavy (non-hydrogen) atoms. The zero-order chi connectivity index (χ0) is 23.8. The van der Waals surface area contributed by atoms with Crippen LogP contribution >= 0.6 is 0 Å². The Bertz CT molecular complexity index is 1490. The highest BCUT2D eigenvalue weighted by atomic mass is 19.2. The zero-order valence-electron chi connectivity index (χ0n) is 19.0. The molecule has 0 fully saturated rings. The normalized spacial score (nSPS) is 14.1. The second-order valence-electron chi connectivity index (χ2n) is 8.51. The number of imidazole rings is 1. The SMILES string of the molecule is CCCc1nc2ccccc2n1Cc1ccc2c(c1)COc1cc(F)c(F)cc1/C2=C(/C)C#N. The molecule has 0 spiro atoms. The molecular formula is C28H23F2N3O. The summed E-state index contributed by atoms with van der Waals surface area (Å²) in [5.41, 5.74) is 6.12. The second-order valence-corrected chi connectivity index (χ2v) is 8.51. The van der Waals surface area contributed by atoms with Crippen LogP contribution in [0.3, 0.4) is 0 Å². The molecule has 5 rings (SSSR count). The van der Waals surface area contributed by atoms with Gasteiger partial charge in [-0.2, -0.15) is 5.26 Å². The van der Waals surface area contributed by atoms with Gasteiger partial charge in [0.1, 0.15) is 18.2 Å². The Morgan fingerprint density at radius 1 is 1.09 bits per heavy atom. The van der Waals surface area contributed by atoms with Gasteiger partial charge in [-0.1, -0.05) is 31.2 Å². The summed E-state index contributed by atoms with van der Waals surface area (Å²) in [6, 6.07) is 18.4. The Morgan fingerprint density at radius 3 is 2.68 bits per heavy atom. The number of halogens is 2. The maximum absolute atomic E-state index is 14.1. The van der Waals surface area contributed by atoms with E-state index in [1.54, 1.807) is 6.92 Å². The van der Waals surface area contributed by atoms with Gasteiger partial charge >= 0.3 is 0 Å². The zero-order valence-corrected chi connectivity index (χ0v) is 19.0. The molecule has 0 saturated carbocycles. The first-order valence-electron chi connectivity index (χ1n) is 11.3. The lowest BCUT2D eigenvalue weighted by Gasteiger charge is -2.14. The molecule has 170 valence electrons. The van der Waals surface area contributed by atoms with Crippen LogP contribution in [0.15, 0.2) is 60.2 Å². The van der Waals surface area contributed by atoms with E-state index in [1.807, 2.05) is 36.4 Å². The summed E-state index contributed by atoms with van der Waals surface area (Å²) in [7, 11) is 0. The van der Waals surface area contributed by atoms with E-state index < -0.39 is 11.6 Å². The first-order valence-corrected chi connectivity index (χ1v) is 11.3. The summed E-state index contributed by atoms with van der Waals surface area (Å²) in [6.07, 6.45) is 1.87. The number of aromatic nitrogens is 2. The quantitative estimate of drug-likeness (QED) is 0.328. The topological polar surface area (TPSA) is 50.8 Å². The van der Waals surface area contributed by atoms with Gasteiger partial charge in [0.2, 0.25) is 0 Å². The number of hydrogen-bond donors (Lipinski definition) is 0. The van der Waals surface area contributed by atoms with Gasteiger partial charge in [0.25, 0.3) is 0 Å². The Balaban J connectivity index is 1.61. The van der Waals surface area contributed by atoms with E-state index >= 15 is 0 Å². The van der Waals surface area contributed by atoms with Crippen LogP contribution in [0, 0.1) is 23.0 Å². The molecule has 4 nitrogen and oxygen atoms in total. The van der Waals surface area contributed by atoms with E-state index in [9.17, 15) is 14.0 Å². The van der Waals surface area contributed by atoms with Crippen LogP contribution < -0.4 is 4.74 Å². The van der Waals surface area contributed by atoms with E-state index in [0.29, 0.717) is 23.3 Å². The number of nitrogens with zero attached hydrogens (tertiary/aromatic N) is 3. The molecule has 1 aliphatic heterocycles. The van der Waals surface area contributed by atoms with Crippen molar-refractivity contribution in [3.63, 3.8) is 0 Å². The van der Waals surface area contributed by atoms with Crippen molar-refractivity contribution in [3.8, 4) is 11.8 Å². The first kappa shape index (κ1) is 21.8. The van der Waals surface area contributed by atoms with Gasteiger partial charge in [-0.3, -0.25) is 0 Å². The average molecular weight is 456 g/mol.